The molecule has 4 heterocycles. The number of para-hydroxylation sites is 4. The van der Waals surface area contributed by atoms with Crippen LogP contribution in [0.15, 0.2) is 170 Å². The number of nitrogens with zero attached hydrogens (tertiary/aromatic N) is 4. The molecule has 0 fully saturated rings. The molecule has 0 saturated heterocycles. The lowest BCUT2D eigenvalue weighted by Crippen LogP contribution is -2.04. The van der Waals surface area contributed by atoms with Crippen LogP contribution in [-0.4, -0.2) is 19.1 Å². The van der Waals surface area contributed by atoms with Crippen molar-refractivity contribution in [3.63, 3.8) is 0 Å². The van der Waals surface area contributed by atoms with E-state index in [-0.39, 0.29) is 0 Å². The van der Waals surface area contributed by atoms with Gasteiger partial charge in [-0.25, -0.2) is 9.97 Å². The standard InChI is InChI=1S/C46H28N4S/c1-2-14-29(15-3-1)30-26-27-41-36(28-30)33-18-6-9-21-37(33)49(41)40-24-12-7-19-34(40)43-45-44(35-20-8-13-25-42(35)51-45)48-46(47-43)50-38-22-10-4-16-31(38)32-17-5-11-23-39(32)50/h1-28H. The highest BCUT2D eigenvalue weighted by Gasteiger charge is 2.23. The molecule has 51 heavy (non-hydrogen) atoms. The van der Waals surface area contributed by atoms with Gasteiger partial charge >= 0.3 is 0 Å². The van der Waals surface area contributed by atoms with Crippen LogP contribution < -0.4 is 0 Å². The van der Waals surface area contributed by atoms with E-state index in [4.69, 9.17) is 9.97 Å². The Hall–Kier alpha value is -6.56. The average Bonchev–Trinajstić information content (AvgIpc) is 3.85. The molecular weight excluding hydrogens is 641 g/mol. The number of aromatic nitrogens is 4. The van der Waals surface area contributed by atoms with Crippen molar-refractivity contribution in [3.05, 3.63) is 170 Å². The summed E-state index contributed by atoms with van der Waals surface area (Å²) in [7, 11) is 0. The van der Waals surface area contributed by atoms with E-state index in [0.29, 0.717) is 5.95 Å². The first-order valence-corrected chi connectivity index (χ1v) is 18.0. The van der Waals surface area contributed by atoms with Gasteiger partial charge in [-0.2, -0.15) is 0 Å². The second kappa shape index (κ2) is 11.0. The Balaban J connectivity index is 1.23. The van der Waals surface area contributed by atoms with E-state index < -0.39 is 0 Å². The fourth-order valence-corrected chi connectivity index (χ4v) is 9.06. The summed E-state index contributed by atoms with van der Waals surface area (Å²) in [5, 5.41) is 5.97. The zero-order chi connectivity index (χ0) is 33.5. The summed E-state index contributed by atoms with van der Waals surface area (Å²) in [4.78, 5) is 10.9. The maximum absolute atomic E-state index is 5.54. The van der Waals surface area contributed by atoms with Crippen LogP contribution in [0.3, 0.4) is 0 Å². The molecule has 0 saturated carbocycles. The number of hydrogen-bond donors (Lipinski definition) is 0. The summed E-state index contributed by atoms with van der Waals surface area (Å²) in [6, 6.07) is 60.6. The van der Waals surface area contributed by atoms with Crippen molar-refractivity contribution in [1.29, 1.82) is 0 Å². The Morgan fingerprint density at radius 2 is 0.980 bits per heavy atom. The molecule has 4 aromatic heterocycles. The number of thiophene rings is 1. The molecule has 0 spiro atoms. The van der Waals surface area contributed by atoms with Crippen LogP contribution >= 0.6 is 11.3 Å². The normalized spacial score (nSPS) is 11.9. The average molecular weight is 669 g/mol. The van der Waals surface area contributed by atoms with Gasteiger partial charge in [0.15, 0.2) is 0 Å². The molecule has 11 rings (SSSR count). The van der Waals surface area contributed by atoms with E-state index in [2.05, 4.69) is 179 Å². The van der Waals surface area contributed by atoms with E-state index in [9.17, 15) is 0 Å². The van der Waals surface area contributed by atoms with Crippen molar-refractivity contribution in [2.24, 2.45) is 0 Å². The van der Waals surface area contributed by atoms with Gasteiger partial charge in [0.1, 0.15) is 0 Å². The third-order valence-corrected chi connectivity index (χ3v) is 11.3. The van der Waals surface area contributed by atoms with Gasteiger partial charge in [-0.15, -0.1) is 11.3 Å². The minimum Gasteiger partial charge on any atom is -0.309 e. The second-order valence-electron chi connectivity index (χ2n) is 13.0. The highest BCUT2D eigenvalue weighted by molar-refractivity contribution is 7.26. The second-order valence-corrected chi connectivity index (χ2v) is 14.0. The van der Waals surface area contributed by atoms with E-state index in [1.54, 1.807) is 11.3 Å². The minimum absolute atomic E-state index is 0.669. The Morgan fingerprint density at radius 3 is 1.73 bits per heavy atom. The summed E-state index contributed by atoms with van der Waals surface area (Å²) >= 11 is 1.77. The van der Waals surface area contributed by atoms with E-state index in [0.717, 1.165) is 54.6 Å². The van der Waals surface area contributed by atoms with Gasteiger partial charge in [-0.3, -0.25) is 4.57 Å². The van der Waals surface area contributed by atoms with Gasteiger partial charge < -0.3 is 4.57 Å². The van der Waals surface area contributed by atoms with Crippen LogP contribution in [0.4, 0.5) is 0 Å². The molecular formula is C46H28N4S. The van der Waals surface area contributed by atoms with Crippen molar-refractivity contribution < 1.29 is 0 Å². The first-order chi connectivity index (χ1) is 25.3. The summed E-state index contributed by atoms with van der Waals surface area (Å²) in [6.45, 7) is 0. The summed E-state index contributed by atoms with van der Waals surface area (Å²) in [5.74, 6) is 0.669. The number of fused-ring (bicyclic) bond motifs is 9. The molecule has 238 valence electrons. The highest BCUT2D eigenvalue weighted by Crippen LogP contribution is 2.43. The molecule has 4 nitrogen and oxygen atoms in total. The maximum Gasteiger partial charge on any atom is 0.235 e. The van der Waals surface area contributed by atoms with E-state index >= 15 is 0 Å². The summed E-state index contributed by atoms with van der Waals surface area (Å²) in [6.07, 6.45) is 0. The van der Waals surface area contributed by atoms with Crippen LogP contribution in [-0.2, 0) is 0 Å². The predicted molar refractivity (Wildman–Crippen MR) is 214 cm³/mol. The zero-order valence-corrected chi connectivity index (χ0v) is 28.2. The molecule has 0 atom stereocenters. The Morgan fingerprint density at radius 1 is 0.412 bits per heavy atom. The third-order valence-electron chi connectivity index (χ3n) is 10.2. The number of benzene rings is 7. The van der Waals surface area contributed by atoms with Crippen LogP contribution in [0.1, 0.15) is 0 Å². The fourth-order valence-electron chi connectivity index (χ4n) is 7.91. The smallest absolute Gasteiger partial charge is 0.235 e. The SMILES string of the molecule is c1ccc(-c2ccc3c(c2)c2ccccc2n3-c2ccccc2-c2nc(-n3c4ccccc4c4ccccc43)nc3c2sc2ccccc23)cc1. The van der Waals surface area contributed by atoms with Crippen molar-refractivity contribution in [2.75, 3.05) is 0 Å². The van der Waals surface area contributed by atoms with Gasteiger partial charge in [-0.05, 0) is 53.6 Å². The molecule has 0 N–H and O–H groups in total. The van der Waals surface area contributed by atoms with Crippen LogP contribution in [0.25, 0.3) is 97.9 Å². The largest absolute Gasteiger partial charge is 0.309 e. The lowest BCUT2D eigenvalue weighted by atomic mass is 10.0. The number of rotatable bonds is 4. The molecule has 7 aromatic carbocycles. The van der Waals surface area contributed by atoms with Gasteiger partial charge in [0.2, 0.25) is 5.95 Å². The summed E-state index contributed by atoms with van der Waals surface area (Å²) < 4.78 is 6.93. The van der Waals surface area contributed by atoms with Crippen molar-refractivity contribution in [2.45, 2.75) is 0 Å². The molecule has 0 amide bonds. The van der Waals surface area contributed by atoms with Gasteiger partial charge in [0.05, 0.1) is 43.7 Å². The quantitative estimate of drug-likeness (QED) is 0.187. The zero-order valence-electron chi connectivity index (χ0n) is 27.4. The minimum atomic E-state index is 0.669. The Labute approximate surface area is 297 Å². The van der Waals surface area contributed by atoms with Crippen molar-refractivity contribution in [3.8, 4) is 34.0 Å². The van der Waals surface area contributed by atoms with Crippen molar-refractivity contribution in [1.82, 2.24) is 19.1 Å². The maximum atomic E-state index is 5.54. The molecule has 0 aliphatic carbocycles. The van der Waals surface area contributed by atoms with Crippen LogP contribution in [0.5, 0.6) is 0 Å². The topological polar surface area (TPSA) is 35.6 Å². The first kappa shape index (κ1) is 28.3. The van der Waals surface area contributed by atoms with Crippen LogP contribution in [0.2, 0.25) is 0 Å². The Bertz CT molecular complexity index is 3090. The van der Waals surface area contributed by atoms with E-state index in [1.165, 1.54) is 37.4 Å². The molecule has 11 aromatic rings. The third kappa shape index (κ3) is 4.19. The molecule has 0 bridgehead atoms. The molecule has 0 unspecified atom stereocenters. The van der Waals surface area contributed by atoms with Gasteiger partial charge in [0, 0.05) is 37.2 Å². The highest BCUT2D eigenvalue weighted by atomic mass is 32.1. The lowest BCUT2D eigenvalue weighted by Gasteiger charge is -2.15. The van der Waals surface area contributed by atoms with Crippen molar-refractivity contribution >= 4 is 75.3 Å². The predicted octanol–water partition coefficient (Wildman–Crippen LogP) is 12.4. The van der Waals surface area contributed by atoms with Gasteiger partial charge in [0.25, 0.3) is 0 Å². The molecule has 0 aliphatic rings. The molecule has 0 aliphatic heterocycles. The summed E-state index contributed by atoms with van der Waals surface area (Å²) in [5.41, 5.74) is 11.0. The van der Waals surface area contributed by atoms with Crippen LogP contribution in [0, 0.1) is 0 Å². The Kier molecular flexibility index (Phi) is 6.09. The monoisotopic (exact) mass is 668 g/mol. The lowest BCUT2D eigenvalue weighted by molar-refractivity contribution is 1.02. The first-order valence-electron chi connectivity index (χ1n) is 17.2. The molecule has 0 radical (unpaired) electrons. The molecule has 5 heteroatoms. The van der Waals surface area contributed by atoms with Gasteiger partial charge in [-0.1, -0.05) is 127 Å². The van der Waals surface area contributed by atoms with E-state index in [1.807, 2.05) is 0 Å². The fraction of sp³-hybridized carbons (Fsp3) is 0. The number of hydrogen-bond acceptors (Lipinski definition) is 3.